The highest BCUT2D eigenvalue weighted by Gasteiger charge is 2.22. The molecule has 1 nitrogen and oxygen atoms in total. The third-order valence-corrected chi connectivity index (χ3v) is 5.33. The van der Waals surface area contributed by atoms with Gasteiger partial charge in [0.05, 0.1) is 16.0 Å². The van der Waals surface area contributed by atoms with Gasteiger partial charge in [-0.2, -0.15) is 0 Å². The molecule has 0 aliphatic heterocycles. The van der Waals surface area contributed by atoms with Crippen molar-refractivity contribution in [3.05, 3.63) is 102 Å². The van der Waals surface area contributed by atoms with Gasteiger partial charge in [-0.1, -0.05) is 72.8 Å². The van der Waals surface area contributed by atoms with Crippen LogP contribution in [0.3, 0.4) is 0 Å². The van der Waals surface area contributed by atoms with E-state index >= 15 is 0 Å². The summed E-state index contributed by atoms with van der Waals surface area (Å²) in [7, 11) is -1.13. The van der Waals surface area contributed by atoms with E-state index < -0.39 is 10.8 Å². The molecule has 1 atom stereocenters. The zero-order valence-corrected chi connectivity index (χ0v) is 13.3. The fraction of sp³-hybridized carbons (Fsp3) is 0.100. The molecule has 0 saturated heterocycles. The highest BCUT2D eigenvalue weighted by atomic mass is 32.2. The molecule has 0 aromatic heterocycles. The first-order valence-electron chi connectivity index (χ1n) is 7.33. The Hall–Kier alpha value is -2.19. The number of aryl methyl sites for hydroxylation is 1. The summed E-state index contributed by atoms with van der Waals surface area (Å²) in [5.74, 6) is 0. The Morgan fingerprint density at radius 3 is 1.77 bits per heavy atom. The van der Waals surface area contributed by atoms with Crippen molar-refractivity contribution in [2.75, 3.05) is 0 Å². The standard InChI is InChI=1S/C20H18OS/c1-16-9-8-14-19(15-16)22(21)20(17-10-4-2-5-11-17)18-12-6-3-7-13-18/h2-15,20H,1H3/t22-/m1/s1. The lowest BCUT2D eigenvalue weighted by atomic mass is 10.0. The first kappa shape index (κ1) is 14.7. The zero-order chi connectivity index (χ0) is 15.4. The highest BCUT2D eigenvalue weighted by molar-refractivity contribution is 7.85. The lowest BCUT2D eigenvalue weighted by molar-refractivity contribution is 0.678. The van der Waals surface area contributed by atoms with Gasteiger partial charge >= 0.3 is 0 Å². The van der Waals surface area contributed by atoms with Gasteiger partial charge < -0.3 is 0 Å². The van der Waals surface area contributed by atoms with E-state index in [1.165, 1.54) is 0 Å². The fourth-order valence-corrected chi connectivity index (χ4v) is 4.17. The van der Waals surface area contributed by atoms with Crippen molar-refractivity contribution in [3.8, 4) is 0 Å². The summed E-state index contributed by atoms with van der Waals surface area (Å²) in [6.07, 6.45) is 0. The summed E-state index contributed by atoms with van der Waals surface area (Å²) in [6.45, 7) is 2.03. The molecule has 2 heteroatoms. The maximum absolute atomic E-state index is 13.2. The van der Waals surface area contributed by atoms with Crippen molar-refractivity contribution in [2.45, 2.75) is 17.1 Å². The van der Waals surface area contributed by atoms with E-state index in [0.717, 1.165) is 21.6 Å². The van der Waals surface area contributed by atoms with Gasteiger partial charge in [-0.25, -0.2) is 0 Å². The molecule has 0 radical (unpaired) electrons. The Kier molecular flexibility index (Phi) is 4.50. The zero-order valence-electron chi connectivity index (χ0n) is 12.5. The van der Waals surface area contributed by atoms with Crippen molar-refractivity contribution in [1.82, 2.24) is 0 Å². The topological polar surface area (TPSA) is 17.1 Å². The molecule has 22 heavy (non-hydrogen) atoms. The third kappa shape index (κ3) is 3.18. The highest BCUT2D eigenvalue weighted by Crippen LogP contribution is 2.32. The Morgan fingerprint density at radius 2 is 1.27 bits per heavy atom. The van der Waals surface area contributed by atoms with Crippen molar-refractivity contribution in [3.63, 3.8) is 0 Å². The molecule has 0 amide bonds. The van der Waals surface area contributed by atoms with E-state index in [0.29, 0.717) is 0 Å². The maximum atomic E-state index is 13.2. The van der Waals surface area contributed by atoms with Crippen LogP contribution in [-0.2, 0) is 10.8 Å². The molecule has 0 fully saturated rings. The Labute approximate surface area is 134 Å². The third-order valence-electron chi connectivity index (χ3n) is 3.64. The normalized spacial score (nSPS) is 12.3. The molecule has 110 valence electrons. The van der Waals surface area contributed by atoms with Crippen LogP contribution in [0.1, 0.15) is 21.9 Å². The lowest BCUT2D eigenvalue weighted by Gasteiger charge is -2.18. The van der Waals surface area contributed by atoms with Crippen LogP contribution in [-0.4, -0.2) is 4.21 Å². The Morgan fingerprint density at radius 1 is 0.727 bits per heavy atom. The van der Waals surface area contributed by atoms with Crippen LogP contribution in [0.25, 0.3) is 0 Å². The minimum absolute atomic E-state index is 0.149. The summed E-state index contributed by atoms with van der Waals surface area (Å²) < 4.78 is 13.2. The van der Waals surface area contributed by atoms with Crippen LogP contribution < -0.4 is 0 Å². The second kappa shape index (κ2) is 6.71. The molecule has 0 spiro atoms. The summed E-state index contributed by atoms with van der Waals surface area (Å²) in [5.41, 5.74) is 3.29. The van der Waals surface area contributed by atoms with E-state index in [2.05, 4.69) is 0 Å². The molecular weight excluding hydrogens is 288 g/mol. The van der Waals surface area contributed by atoms with Gasteiger partial charge in [-0.15, -0.1) is 0 Å². The number of rotatable bonds is 4. The molecule has 0 bridgehead atoms. The van der Waals surface area contributed by atoms with Crippen molar-refractivity contribution < 1.29 is 4.21 Å². The maximum Gasteiger partial charge on any atom is 0.0893 e. The average molecular weight is 306 g/mol. The minimum Gasteiger partial charge on any atom is -0.253 e. The van der Waals surface area contributed by atoms with Gasteiger partial charge in [0.2, 0.25) is 0 Å². The summed E-state index contributed by atoms with van der Waals surface area (Å²) in [6, 6.07) is 28.1. The predicted molar refractivity (Wildman–Crippen MR) is 92.3 cm³/mol. The lowest BCUT2D eigenvalue weighted by Crippen LogP contribution is -2.09. The summed E-state index contributed by atoms with van der Waals surface area (Å²) in [5, 5.41) is -0.149. The minimum atomic E-state index is -1.13. The van der Waals surface area contributed by atoms with Crippen LogP contribution in [0.5, 0.6) is 0 Å². The van der Waals surface area contributed by atoms with Gasteiger partial charge in [0, 0.05) is 4.90 Å². The van der Waals surface area contributed by atoms with Gasteiger partial charge in [0.1, 0.15) is 0 Å². The summed E-state index contributed by atoms with van der Waals surface area (Å²) in [4.78, 5) is 0.873. The first-order valence-corrected chi connectivity index (χ1v) is 8.54. The van der Waals surface area contributed by atoms with Crippen molar-refractivity contribution >= 4 is 10.8 Å². The number of hydrogen-bond acceptors (Lipinski definition) is 1. The largest absolute Gasteiger partial charge is 0.253 e. The van der Waals surface area contributed by atoms with Crippen molar-refractivity contribution in [2.24, 2.45) is 0 Å². The van der Waals surface area contributed by atoms with Gasteiger partial charge in [-0.3, -0.25) is 4.21 Å². The first-order chi connectivity index (χ1) is 10.8. The summed E-state index contributed by atoms with van der Waals surface area (Å²) >= 11 is 0. The van der Waals surface area contributed by atoms with Crippen LogP contribution >= 0.6 is 0 Å². The van der Waals surface area contributed by atoms with E-state index in [4.69, 9.17) is 0 Å². The molecule has 0 saturated carbocycles. The van der Waals surface area contributed by atoms with Gasteiger partial charge in [0.15, 0.2) is 0 Å². The van der Waals surface area contributed by atoms with E-state index in [-0.39, 0.29) is 5.25 Å². The van der Waals surface area contributed by atoms with Crippen LogP contribution in [0.4, 0.5) is 0 Å². The van der Waals surface area contributed by atoms with Crippen LogP contribution in [0, 0.1) is 6.92 Å². The van der Waals surface area contributed by atoms with E-state index in [1.807, 2.05) is 91.9 Å². The number of hydrogen-bond donors (Lipinski definition) is 0. The molecule has 0 aliphatic carbocycles. The van der Waals surface area contributed by atoms with Crippen molar-refractivity contribution in [1.29, 1.82) is 0 Å². The SMILES string of the molecule is Cc1cccc([S@@](=O)C(c2ccccc2)c2ccccc2)c1. The molecule has 0 heterocycles. The van der Waals surface area contributed by atoms with E-state index in [9.17, 15) is 4.21 Å². The molecular formula is C20H18OS. The van der Waals surface area contributed by atoms with Crippen LogP contribution in [0.2, 0.25) is 0 Å². The van der Waals surface area contributed by atoms with Gasteiger partial charge in [-0.05, 0) is 35.7 Å². The molecule has 0 N–H and O–H groups in total. The van der Waals surface area contributed by atoms with Gasteiger partial charge in [0.25, 0.3) is 0 Å². The molecule has 3 aromatic rings. The molecule has 0 unspecified atom stereocenters. The Bertz CT molecular complexity index is 726. The molecule has 3 aromatic carbocycles. The fourth-order valence-electron chi connectivity index (χ4n) is 2.57. The number of benzene rings is 3. The quantitative estimate of drug-likeness (QED) is 0.670. The predicted octanol–water partition coefficient (Wildman–Crippen LogP) is 4.89. The Balaban J connectivity index is 2.08. The average Bonchev–Trinajstić information content (AvgIpc) is 2.57. The second-order valence-electron chi connectivity index (χ2n) is 5.32. The van der Waals surface area contributed by atoms with Crippen LogP contribution in [0.15, 0.2) is 89.8 Å². The molecule has 0 aliphatic rings. The second-order valence-corrected chi connectivity index (χ2v) is 6.85. The molecule has 3 rings (SSSR count). The monoisotopic (exact) mass is 306 g/mol. The van der Waals surface area contributed by atoms with E-state index in [1.54, 1.807) is 0 Å². The smallest absolute Gasteiger partial charge is 0.0893 e.